The number of nitrogens with one attached hydrogen (secondary N) is 1. The van der Waals surface area contributed by atoms with Crippen molar-refractivity contribution >= 4 is 39.1 Å². The summed E-state index contributed by atoms with van der Waals surface area (Å²) in [6.45, 7) is 1.37. The van der Waals surface area contributed by atoms with Crippen LogP contribution in [0.15, 0.2) is 42.6 Å². The molecular formula is C25H23ClFN5O2. The minimum Gasteiger partial charge on any atom is -0.461 e. The first kappa shape index (κ1) is 21.5. The van der Waals surface area contributed by atoms with Gasteiger partial charge in [0, 0.05) is 47.3 Å². The van der Waals surface area contributed by atoms with E-state index in [4.69, 9.17) is 16.3 Å². The lowest BCUT2D eigenvalue weighted by Crippen LogP contribution is -2.51. The molecule has 0 saturated carbocycles. The van der Waals surface area contributed by atoms with Crippen molar-refractivity contribution in [3.63, 3.8) is 0 Å². The van der Waals surface area contributed by atoms with Gasteiger partial charge in [-0.25, -0.2) is 4.39 Å². The van der Waals surface area contributed by atoms with E-state index in [0.717, 1.165) is 36.7 Å². The molecule has 174 valence electrons. The summed E-state index contributed by atoms with van der Waals surface area (Å²) in [5, 5.41) is 15.5. The maximum absolute atomic E-state index is 16.1. The lowest BCUT2D eigenvalue weighted by molar-refractivity contribution is 0.192. The van der Waals surface area contributed by atoms with E-state index in [1.54, 1.807) is 12.3 Å². The number of aromatic nitrogens is 3. The summed E-state index contributed by atoms with van der Waals surface area (Å²) in [5.41, 5.74) is 0.905. The van der Waals surface area contributed by atoms with Gasteiger partial charge in [0.05, 0.1) is 12.0 Å². The number of pyridine rings is 1. The Morgan fingerprint density at radius 1 is 1.12 bits per heavy atom. The summed E-state index contributed by atoms with van der Waals surface area (Å²) < 4.78 is 21.6. The molecule has 7 nitrogen and oxygen atoms in total. The zero-order valence-corrected chi connectivity index (χ0v) is 19.1. The fraction of sp³-hybridized carbons (Fsp3) is 0.320. The smallest absolute Gasteiger partial charge is 0.319 e. The minimum atomic E-state index is -0.555. The molecule has 34 heavy (non-hydrogen) atoms. The Morgan fingerprint density at radius 3 is 2.65 bits per heavy atom. The first-order chi connectivity index (χ1) is 16.6. The number of fused-ring (bicyclic) bond motifs is 4. The molecule has 2 unspecified atom stereocenters. The van der Waals surface area contributed by atoms with E-state index < -0.39 is 5.82 Å². The van der Waals surface area contributed by atoms with E-state index in [-0.39, 0.29) is 30.4 Å². The molecule has 4 aromatic rings. The highest BCUT2D eigenvalue weighted by Gasteiger charge is 2.34. The van der Waals surface area contributed by atoms with Crippen molar-refractivity contribution < 1.29 is 14.2 Å². The van der Waals surface area contributed by atoms with E-state index in [0.29, 0.717) is 33.9 Å². The van der Waals surface area contributed by atoms with E-state index in [1.807, 2.05) is 30.3 Å². The minimum absolute atomic E-state index is 0.0241. The Morgan fingerprint density at radius 2 is 1.88 bits per heavy atom. The number of hydrogen-bond acceptors (Lipinski definition) is 7. The molecule has 0 amide bonds. The van der Waals surface area contributed by atoms with Gasteiger partial charge in [-0.1, -0.05) is 41.9 Å². The van der Waals surface area contributed by atoms with Gasteiger partial charge >= 0.3 is 6.01 Å². The second-order valence-corrected chi connectivity index (χ2v) is 9.18. The van der Waals surface area contributed by atoms with E-state index in [1.165, 1.54) is 0 Å². The molecule has 2 aromatic carbocycles. The van der Waals surface area contributed by atoms with E-state index in [2.05, 4.69) is 25.2 Å². The number of halogens is 2. The lowest BCUT2D eigenvalue weighted by Gasteiger charge is -2.34. The second-order valence-electron chi connectivity index (χ2n) is 8.77. The van der Waals surface area contributed by atoms with Crippen LogP contribution in [0.3, 0.4) is 0 Å². The number of aliphatic hydroxyl groups is 1. The zero-order valence-electron chi connectivity index (χ0n) is 18.3. The highest BCUT2D eigenvalue weighted by molar-refractivity contribution is 6.36. The van der Waals surface area contributed by atoms with Gasteiger partial charge in [-0.3, -0.25) is 4.98 Å². The predicted molar refractivity (Wildman–Crippen MR) is 130 cm³/mol. The summed E-state index contributed by atoms with van der Waals surface area (Å²) in [5.74, 6) is 0.0470. The zero-order chi connectivity index (χ0) is 23.2. The van der Waals surface area contributed by atoms with Gasteiger partial charge in [-0.2, -0.15) is 9.97 Å². The van der Waals surface area contributed by atoms with Crippen LogP contribution in [0.2, 0.25) is 5.02 Å². The fourth-order valence-electron chi connectivity index (χ4n) is 5.11. The molecule has 6 rings (SSSR count). The summed E-state index contributed by atoms with van der Waals surface area (Å²) in [6, 6.07) is 12.0. The van der Waals surface area contributed by atoms with Crippen LogP contribution in [0.25, 0.3) is 32.9 Å². The van der Waals surface area contributed by atoms with Gasteiger partial charge in [0.25, 0.3) is 0 Å². The summed E-state index contributed by atoms with van der Waals surface area (Å²) in [6.07, 6.45) is 3.85. The molecule has 2 atom stereocenters. The predicted octanol–water partition coefficient (Wildman–Crippen LogP) is 3.95. The SMILES string of the molecule is OCCOc1nc(N2CC3CCC(C2)N3)c2cnc(-c3cccc4cccc(Cl)c34)c(F)c2n1. The second kappa shape index (κ2) is 8.61. The molecule has 0 aliphatic carbocycles. The monoisotopic (exact) mass is 479 g/mol. The van der Waals surface area contributed by atoms with Crippen LogP contribution in [0, 0.1) is 5.82 Å². The highest BCUT2D eigenvalue weighted by Crippen LogP contribution is 2.37. The van der Waals surface area contributed by atoms with Crippen molar-refractivity contribution in [3.8, 4) is 17.3 Å². The molecular weight excluding hydrogens is 457 g/mol. The van der Waals surface area contributed by atoms with Crippen molar-refractivity contribution in [2.24, 2.45) is 0 Å². The van der Waals surface area contributed by atoms with Crippen molar-refractivity contribution in [1.29, 1.82) is 0 Å². The van der Waals surface area contributed by atoms with Gasteiger partial charge in [0.2, 0.25) is 0 Å². The van der Waals surface area contributed by atoms with Crippen LogP contribution in [-0.4, -0.2) is 58.4 Å². The topological polar surface area (TPSA) is 83.4 Å². The van der Waals surface area contributed by atoms with E-state index >= 15 is 4.39 Å². The number of ether oxygens (including phenoxy) is 1. The van der Waals surface area contributed by atoms with Crippen LogP contribution in [0.1, 0.15) is 12.8 Å². The van der Waals surface area contributed by atoms with Crippen LogP contribution < -0.4 is 15.0 Å². The van der Waals surface area contributed by atoms with Gasteiger partial charge in [0.15, 0.2) is 5.82 Å². The number of anilines is 1. The third kappa shape index (κ3) is 3.62. The molecule has 0 spiro atoms. The number of aliphatic hydroxyl groups excluding tert-OH is 1. The summed E-state index contributed by atoms with van der Waals surface area (Å²) >= 11 is 6.49. The first-order valence-electron chi connectivity index (χ1n) is 11.4. The average molecular weight is 480 g/mol. The van der Waals surface area contributed by atoms with Gasteiger partial charge in [0.1, 0.15) is 23.6 Å². The number of benzene rings is 2. The summed E-state index contributed by atoms with van der Waals surface area (Å²) in [4.78, 5) is 15.7. The molecule has 2 fully saturated rings. The molecule has 2 aliphatic rings. The molecule has 9 heteroatoms. The Labute approximate surface area is 200 Å². The number of hydrogen-bond donors (Lipinski definition) is 2. The largest absolute Gasteiger partial charge is 0.461 e. The molecule has 2 saturated heterocycles. The van der Waals surface area contributed by atoms with Crippen LogP contribution in [0.4, 0.5) is 10.2 Å². The van der Waals surface area contributed by atoms with Gasteiger partial charge < -0.3 is 20.1 Å². The van der Waals surface area contributed by atoms with Crippen LogP contribution in [0.5, 0.6) is 6.01 Å². The molecule has 2 aliphatic heterocycles. The Kier molecular flexibility index (Phi) is 5.44. The third-order valence-corrected chi connectivity index (χ3v) is 6.91. The van der Waals surface area contributed by atoms with Crippen molar-refractivity contribution in [3.05, 3.63) is 53.4 Å². The van der Waals surface area contributed by atoms with Crippen molar-refractivity contribution in [2.75, 3.05) is 31.2 Å². The molecule has 2 bridgehead atoms. The summed E-state index contributed by atoms with van der Waals surface area (Å²) in [7, 11) is 0. The molecule has 2 N–H and O–H groups in total. The van der Waals surface area contributed by atoms with Gasteiger partial charge in [-0.15, -0.1) is 0 Å². The molecule has 0 radical (unpaired) electrons. The number of nitrogens with zero attached hydrogens (tertiary/aromatic N) is 4. The Bertz CT molecular complexity index is 1380. The van der Waals surface area contributed by atoms with Crippen LogP contribution in [-0.2, 0) is 0 Å². The quantitative estimate of drug-likeness (QED) is 0.448. The maximum Gasteiger partial charge on any atom is 0.319 e. The first-order valence-corrected chi connectivity index (χ1v) is 11.8. The lowest BCUT2D eigenvalue weighted by atomic mass is 10.0. The fourth-order valence-corrected chi connectivity index (χ4v) is 5.40. The van der Waals surface area contributed by atoms with Crippen LogP contribution >= 0.6 is 11.6 Å². The number of piperazine rings is 1. The normalized spacial score (nSPS) is 19.8. The maximum atomic E-state index is 16.1. The standard InChI is InChI=1S/C25H23ClFN5O2/c26-19-6-2-4-14-3-1-5-17(20(14)19)22-21(27)23-18(11-28-22)24(31-25(30-23)34-10-9-33)32-12-15-7-8-16(13-32)29-15/h1-6,11,15-16,29,33H,7-10,12-13H2. The highest BCUT2D eigenvalue weighted by atomic mass is 35.5. The average Bonchev–Trinajstić information content (AvgIpc) is 3.20. The van der Waals surface area contributed by atoms with Crippen molar-refractivity contribution in [2.45, 2.75) is 24.9 Å². The molecule has 4 heterocycles. The Balaban J connectivity index is 1.54. The third-order valence-electron chi connectivity index (χ3n) is 6.59. The Hall–Kier alpha value is -3.07. The van der Waals surface area contributed by atoms with Crippen molar-refractivity contribution in [1.82, 2.24) is 20.3 Å². The van der Waals surface area contributed by atoms with E-state index in [9.17, 15) is 5.11 Å². The van der Waals surface area contributed by atoms with Gasteiger partial charge in [-0.05, 0) is 24.3 Å². The molecule has 2 aromatic heterocycles. The number of rotatable bonds is 5.